The van der Waals surface area contributed by atoms with Crippen LogP contribution in [-0.2, 0) is 4.84 Å². The summed E-state index contributed by atoms with van der Waals surface area (Å²) < 4.78 is 0. The Labute approximate surface area is 89.9 Å². The summed E-state index contributed by atoms with van der Waals surface area (Å²) in [6.07, 6.45) is 0.875. The van der Waals surface area contributed by atoms with Crippen LogP contribution in [0, 0.1) is 13.8 Å². The zero-order valence-corrected chi connectivity index (χ0v) is 9.16. The first-order valence-electron chi connectivity index (χ1n) is 5.21. The molecule has 1 aromatic rings. The Balaban J connectivity index is 2.21. The van der Waals surface area contributed by atoms with Gasteiger partial charge in [-0.3, -0.25) is 0 Å². The summed E-state index contributed by atoms with van der Waals surface area (Å²) in [6, 6.07) is 6.35. The van der Waals surface area contributed by atoms with Crippen LogP contribution in [0.5, 0.6) is 0 Å². The molecular weight excluding hydrogens is 188 g/mol. The molecule has 0 fully saturated rings. The van der Waals surface area contributed by atoms with Gasteiger partial charge in [0.25, 0.3) is 0 Å². The molecule has 0 aromatic heterocycles. The van der Waals surface area contributed by atoms with E-state index >= 15 is 0 Å². The molecule has 0 unspecified atom stereocenters. The van der Waals surface area contributed by atoms with Crippen LogP contribution in [0.4, 0.5) is 0 Å². The summed E-state index contributed by atoms with van der Waals surface area (Å²) in [5.41, 5.74) is 10.3. The first-order valence-corrected chi connectivity index (χ1v) is 5.21. The number of nitrogens with two attached hydrogens (primary N) is 1. The second kappa shape index (κ2) is 4.03. The van der Waals surface area contributed by atoms with Crippen molar-refractivity contribution in [3.8, 4) is 0 Å². The number of benzene rings is 1. The maximum absolute atomic E-state index is 5.53. The van der Waals surface area contributed by atoms with E-state index in [1.165, 1.54) is 11.1 Å². The average Bonchev–Trinajstić information content (AvgIpc) is 2.70. The molecule has 2 rings (SSSR count). The molecule has 80 valence electrons. The van der Waals surface area contributed by atoms with Crippen molar-refractivity contribution in [1.29, 1.82) is 0 Å². The number of aryl methyl sites for hydroxylation is 2. The van der Waals surface area contributed by atoms with Crippen LogP contribution in [0.15, 0.2) is 23.4 Å². The third-order valence-electron chi connectivity index (χ3n) is 2.84. The molecule has 0 amide bonds. The van der Waals surface area contributed by atoms with Crippen molar-refractivity contribution in [2.75, 3.05) is 6.54 Å². The van der Waals surface area contributed by atoms with E-state index in [0.29, 0.717) is 6.54 Å². The van der Waals surface area contributed by atoms with E-state index in [1.54, 1.807) is 0 Å². The standard InChI is InChI=1S/C12H16N2O/c1-8-3-4-10(5-9(8)2)12-6-11(7-13)15-14-12/h3-5,11H,6-7,13H2,1-2H3/t11-/m1/s1. The van der Waals surface area contributed by atoms with Gasteiger partial charge >= 0.3 is 0 Å². The lowest BCUT2D eigenvalue weighted by Crippen LogP contribution is -2.20. The third-order valence-corrected chi connectivity index (χ3v) is 2.84. The number of oxime groups is 1. The van der Waals surface area contributed by atoms with E-state index in [9.17, 15) is 0 Å². The summed E-state index contributed by atoms with van der Waals surface area (Å²) in [7, 11) is 0. The molecule has 0 aliphatic carbocycles. The molecule has 1 aliphatic rings. The predicted octanol–water partition coefficient (Wildman–Crippen LogP) is 1.76. The molecule has 1 heterocycles. The van der Waals surface area contributed by atoms with Gasteiger partial charge in [0.15, 0.2) is 0 Å². The Kier molecular flexibility index (Phi) is 2.73. The Morgan fingerprint density at radius 3 is 2.80 bits per heavy atom. The van der Waals surface area contributed by atoms with E-state index in [0.717, 1.165) is 17.7 Å². The number of nitrogens with zero attached hydrogens (tertiary/aromatic N) is 1. The van der Waals surface area contributed by atoms with E-state index in [2.05, 4.69) is 37.2 Å². The fourth-order valence-corrected chi connectivity index (χ4v) is 1.65. The molecule has 1 aliphatic heterocycles. The summed E-state index contributed by atoms with van der Waals surface area (Å²) in [5.74, 6) is 0. The Morgan fingerprint density at radius 1 is 1.40 bits per heavy atom. The van der Waals surface area contributed by atoms with Gasteiger partial charge in [-0.15, -0.1) is 0 Å². The topological polar surface area (TPSA) is 47.6 Å². The van der Waals surface area contributed by atoms with Gasteiger partial charge in [0, 0.05) is 13.0 Å². The molecule has 3 nitrogen and oxygen atoms in total. The van der Waals surface area contributed by atoms with E-state index in [4.69, 9.17) is 10.6 Å². The first kappa shape index (κ1) is 10.2. The molecule has 0 radical (unpaired) electrons. The minimum atomic E-state index is 0.0570. The van der Waals surface area contributed by atoms with Crippen LogP contribution in [0.3, 0.4) is 0 Å². The van der Waals surface area contributed by atoms with Crippen LogP contribution in [0.25, 0.3) is 0 Å². The minimum Gasteiger partial charge on any atom is -0.390 e. The smallest absolute Gasteiger partial charge is 0.145 e. The SMILES string of the molecule is Cc1ccc(C2=NO[C@@H](CN)C2)cc1C. The minimum absolute atomic E-state index is 0.0570. The van der Waals surface area contributed by atoms with Crippen molar-refractivity contribution >= 4 is 5.71 Å². The molecule has 0 spiro atoms. The van der Waals surface area contributed by atoms with E-state index in [1.807, 2.05) is 0 Å². The van der Waals surface area contributed by atoms with Crippen molar-refractivity contribution in [2.45, 2.75) is 26.4 Å². The third kappa shape index (κ3) is 2.02. The number of hydrogen-bond donors (Lipinski definition) is 1. The van der Waals surface area contributed by atoms with Crippen molar-refractivity contribution in [1.82, 2.24) is 0 Å². The van der Waals surface area contributed by atoms with Crippen LogP contribution in [-0.4, -0.2) is 18.4 Å². The highest BCUT2D eigenvalue weighted by atomic mass is 16.6. The van der Waals surface area contributed by atoms with Gasteiger partial charge in [-0.25, -0.2) is 0 Å². The first-order chi connectivity index (χ1) is 7.20. The molecule has 0 saturated carbocycles. The lowest BCUT2D eigenvalue weighted by atomic mass is 10.0. The molecule has 1 aromatic carbocycles. The largest absolute Gasteiger partial charge is 0.390 e. The average molecular weight is 204 g/mol. The number of hydrogen-bond acceptors (Lipinski definition) is 3. The second-order valence-electron chi connectivity index (χ2n) is 4.00. The summed E-state index contributed by atoms with van der Waals surface area (Å²) in [5, 5.41) is 4.07. The van der Waals surface area contributed by atoms with Crippen LogP contribution >= 0.6 is 0 Å². The van der Waals surface area contributed by atoms with Gasteiger partial charge in [-0.2, -0.15) is 0 Å². The Morgan fingerprint density at radius 2 is 2.20 bits per heavy atom. The lowest BCUT2D eigenvalue weighted by molar-refractivity contribution is 0.0918. The zero-order valence-electron chi connectivity index (χ0n) is 9.16. The lowest BCUT2D eigenvalue weighted by Gasteiger charge is -2.04. The highest BCUT2D eigenvalue weighted by Gasteiger charge is 2.20. The fraction of sp³-hybridized carbons (Fsp3) is 0.417. The van der Waals surface area contributed by atoms with Crippen molar-refractivity contribution in [3.63, 3.8) is 0 Å². The highest BCUT2D eigenvalue weighted by Crippen LogP contribution is 2.18. The summed E-state index contributed by atoms with van der Waals surface area (Å²) in [4.78, 5) is 5.20. The van der Waals surface area contributed by atoms with E-state index in [-0.39, 0.29) is 6.10 Å². The van der Waals surface area contributed by atoms with Gasteiger partial charge in [-0.05, 0) is 36.6 Å². The molecule has 0 saturated heterocycles. The van der Waals surface area contributed by atoms with Gasteiger partial charge in [0.2, 0.25) is 0 Å². The van der Waals surface area contributed by atoms with Crippen molar-refractivity contribution < 1.29 is 4.84 Å². The van der Waals surface area contributed by atoms with Gasteiger partial charge < -0.3 is 10.6 Å². The van der Waals surface area contributed by atoms with Crippen LogP contribution in [0.2, 0.25) is 0 Å². The Bertz CT molecular complexity index is 399. The van der Waals surface area contributed by atoms with E-state index < -0.39 is 0 Å². The molecule has 15 heavy (non-hydrogen) atoms. The molecule has 3 heteroatoms. The van der Waals surface area contributed by atoms with Gasteiger partial charge in [0.1, 0.15) is 6.10 Å². The van der Waals surface area contributed by atoms with Crippen molar-refractivity contribution in [3.05, 3.63) is 34.9 Å². The monoisotopic (exact) mass is 204 g/mol. The summed E-state index contributed by atoms with van der Waals surface area (Å²) >= 11 is 0. The summed E-state index contributed by atoms with van der Waals surface area (Å²) in [6.45, 7) is 4.74. The normalized spacial score (nSPS) is 19.9. The van der Waals surface area contributed by atoms with Gasteiger partial charge in [0.05, 0.1) is 5.71 Å². The predicted molar refractivity (Wildman–Crippen MR) is 61.0 cm³/mol. The van der Waals surface area contributed by atoms with Crippen LogP contribution < -0.4 is 5.73 Å². The zero-order chi connectivity index (χ0) is 10.8. The number of rotatable bonds is 2. The quantitative estimate of drug-likeness (QED) is 0.797. The Hall–Kier alpha value is -1.35. The molecule has 2 N–H and O–H groups in total. The van der Waals surface area contributed by atoms with Crippen LogP contribution in [0.1, 0.15) is 23.1 Å². The second-order valence-corrected chi connectivity index (χ2v) is 4.00. The molecule has 0 bridgehead atoms. The maximum Gasteiger partial charge on any atom is 0.145 e. The maximum atomic E-state index is 5.53. The highest BCUT2D eigenvalue weighted by molar-refractivity contribution is 6.01. The van der Waals surface area contributed by atoms with Gasteiger partial charge in [-0.1, -0.05) is 17.3 Å². The fourth-order valence-electron chi connectivity index (χ4n) is 1.65. The molecule has 1 atom stereocenters. The molecular formula is C12H16N2O. The van der Waals surface area contributed by atoms with Crippen molar-refractivity contribution in [2.24, 2.45) is 10.9 Å².